The van der Waals surface area contributed by atoms with E-state index in [4.69, 9.17) is 4.74 Å². The van der Waals surface area contributed by atoms with Gasteiger partial charge in [0.1, 0.15) is 5.82 Å². The largest absolute Gasteiger partial charge is 0.385 e. The number of rotatable bonds is 6. The predicted molar refractivity (Wildman–Crippen MR) is 76.7 cm³/mol. The maximum absolute atomic E-state index is 5.02. The van der Waals surface area contributed by atoms with Crippen molar-refractivity contribution in [2.75, 3.05) is 63.7 Å². The third-order valence-corrected chi connectivity index (χ3v) is 3.28. The molecule has 0 spiro atoms. The van der Waals surface area contributed by atoms with Gasteiger partial charge in [-0.25, -0.2) is 4.98 Å². The second kappa shape index (κ2) is 7.25. The maximum Gasteiger partial charge on any atom is 0.224 e. The molecule has 0 aliphatic carbocycles. The van der Waals surface area contributed by atoms with Gasteiger partial charge in [0, 0.05) is 52.6 Å². The smallest absolute Gasteiger partial charge is 0.224 e. The fourth-order valence-corrected chi connectivity index (χ4v) is 2.06. The van der Waals surface area contributed by atoms with Crippen LogP contribution in [0.3, 0.4) is 0 Å². The second-order valence-electron chi connectivity index (χ2n) is 4.80. The Labute approximate surface area is 114 Å². The van der Waals surface area contributed by atoms with Gasteiger partial charge in [0.05, 0.1) is 0 Å². The quantitative estimate of drug-likeness (QED) is 0.763. The average Bonchev–Trinajstić information content (AvgIpc) is 2.45. The molecule has 19 heavy (non-hydrogen) atoms. The van der Waals surface area contributed by atoms with Crippen molar-refractivity contribution in [1.29, 1.82) is 0 Å². The minimum Gasteiger partial charge on any atom is -0.385 e. The van der Waals surface area contributed by atoms with Crippen LogP contribution in [-0.4, -0.2) is 68.4 Å². The number of aromatic nitrogens is 2. The van der Waals surface area contributed by atoms with E-state index in [2.05, 4.69) is 32.1 Å². The molecule has 6 nitrogen and oxygen atoms in total. The van der Waals surface area contributed by atoms with E-state index in [9.17, 15) is 0 Å². The van der Waals surface area contributed by atoms with Crippen molar-refractivity contribution in [2.24, 2.45) is 0 Å². The van der Waals surface area contributed by atoms with Crippen molar-refractivity contribution in [1.82, 2.24) is 14.9 Å². The third kappa shape index (κ3) is 4.33. The Morgan fingerprint density at radius 3 is 2.84 bits per heavy atom. The number of hydrogen-bond acceptors (Lipinski definition) is 6. The summed E-state index contributed by atoms with van der Waals surface area (Å²) in [6, 6.07) is 1.98. The second-order valence-corrected chi connectivity index (χ2v) is 4.80. The van der Waals surface area contributed by atoms with E-state index in [1.807, 2.05) is 12.3 Å². The molecule has 1 aliphatic heterocycles. The molecule has 1 aromatic heterocycles. The zero-order chi connectivity index (χ0) is 13.5. The number of methoxy groups -OCH3 is 1. The van der Waals surface area contributed by atoms with Gasteiger partial charge in [-0.05, 0) is 19.5 Å². The number of anilines is 2. The van der Waals surface area contributed by atoms with E-state index in [1.165, 1.54) is 0 Å². The van der Waals surface area contributed by atoms with Crippen LogP contribution in [-0.2, 0) is 4.74 Å². The van der Waals surface area contributed by atoms with Crippen molar-refractivity contribution >= 4 is 11.8 Å². The molecule has 0 radical (unpaired) electrons. The first kappa shape index (κ1) is 14.0. The highest BCUT2D eigenvalue weighted by atomic mass is 16.5. The first-order chi connectivity index (χ1) is 9.29. The van der Waals surface area contributed by atoms with Crippen molar-refractivity contribution in [2.45, 2.75) is 6.42 Å². The maximum atomic E-state index is 5.02. The van der Waals surface area contributed by atoms with E-state index in [0.717, 1.165) is 51.6 Å². The Balaban J connectivity index is 1.87. The number of nitrogens with zero attached hydrogens (tertiary/aromatic N) is 4. The number of likely N-dealkylation sites (N-methyl/N-ethyl adjacent to an activating group) is 1. The fourth-order valence-electron chi connectivity index (χ4n) is 2.06. The Bertz CT molecular complexity index is 379. The summed E-state index contributed by atoms with van der Waals surface area (Å²) in [5.41, 5.74) is 0. The molecule has 6 heteroatoms. The zero-order valence-electron chi connectivity index (χ0n) is 11.8. The Kier molecular flexibility index (Phi) is 5.35. The normalized spacial score (nSPS) is 16.6. The summed E-state index contributed by atoms with van der Waals surface area (Å²) in [6.45, 7) is 5.81. The Morgan fingerprint density at radius 2 is 2.11 bits per heavy atom. The summed E-state index contributed by atoms with van der Waals surface area (Å²) in [5.74, 6) is 1.71. The summed E-state index contributed by atoms with van der Waals surface area (Å²) in [5, 5.41) is 3.23. The SMILES string of the molecule is COCCCNc1nccc(N2CCN(C)CC2)n1. The first-order valence-electron chi connectivity index (χ1n) is 6.79. The highest BCUT2D eigenvalue weighted by Gasteiger charge is 2.15. The van der Waals surface area contributed by atoms with E-state index < -0.39 is 0 Å². The molecule has 0 unspecified atom stereocenters. The lowest BCUT2D eigenvalue weighted by atomic mass is 10.3. The lowest BCUT2D eigenvalue weighted by Gasteiger charge is -2.33. The standard InChI is InChI=1S/C13H23N5O/c1-17-7-9-18(10-8-17)12-4-6-15-13(16-12)14-5-3-11-19-2/h4,6H,3,5,7-11H2,1-2H3,(H,14,15,16). The van der Waals surface area contributed by atoms with E-state index in [0.29, 0.717) is 5.95 Å². The van der Waals surface area contributed by atoms with Crippen LogP contribution in [0.4, 0.5) is 11.8 Å². The van der Waals surface area contributed by atoms with Gasteiger partial charge in [-0.1, -0.05) is 0 Å². The molecular weight excluding hydrogens is 242 g/mol. The molecule has 0 amide bonds. The number of ether oxygens (including phenoxy) is 1. The fraction of sp³-hybridized carbons (Fsp3) is 0.692. The van der Waals surface area contributed by atoms with Crippen molar-refractivity contribution in [3.8, 4) is 0 Å². The minimum atomic E-state index is 0.701. The lowest BCUT2D eigenvalue weighted by Crippen LogP contribution is -2.44. The molecule has 0 aromatic carbocycles. The summed E-state index contributed by atoms with van der Waals surface area (Å²) in [4.78, 5) is 13.5. The molecule has 1 aliphatic rings. The molecule has 2 rings (SSSR count). The van der Waals surface area contributed by atoms with Crippen LogP contribution in [0.25, 0.3) is 0 Å². The van der Waals surface area contributed by atoms with Crippen LogP contribution >= 0.6 is 0 Å². The predicted octanol–water partition coefficient (Wildman–Crippen LogP) is 0.677. The summed E-state index contributed by atoms with van der Waals surface area (Å²) < 4.78 is 5.02. The molecular formula is C13H23N5O. The van der Waals surface area contributed by atoms with Crippen LogP contribution in [0, 0.1) is 0 Å². The summed E-state index contributed by atoms with van der Waals surface area (Å²) in [6.07, 6.45) is 2.78. The Morgan fingerprint density at radius 1 is 1.32 bits per heavy atom. The monoisotopic (exact) mass is 265 g/mol. The zero-order valence-corrected chi connectivity index (χ0v) is 11.8. The van der Waals surface area contributed by atoms with Gasteiger partial charge in [-0.2, -0.15) is 4.98 Å². The van der Waals surface area contributed by atoms with Crippen LogP contribution in [0.1, 0.15) is 6.42 Å². The molecule has 0 bridgehead atoms. The van der Waals surface area contributed by atoms with Gasteiger partial charge in [0.25, 0.3) is 0 Å². The molecule has 0 atom stereocenters. The van der Waals surface area contributed by atoms with Crippen LogP contribution in [0.2, 0.25) is 0 Å². The van der Waals surface area contributed by atoms with Crippen LogP contribution in [0.5, 0.6) is 0 Å². The Hall–Kier alpha value is -1.40. The van der Waals surface area contributed by atoms with Gasteiger partial charge >= 0.3 is 0 Å². The molecule has 0 saturated carbocycles. The molecule has 1 aromatic rings. The third-order valence-electron chi connectivity index (χ3n) is 3.28. The lowest BCUT2D eigenvalue weighted by molar-refractivity contribution is 0.197. The van der Waals surface area contributed by atoms with Crippen molar-refractivity contribution < 1.29 is 4.74 Å². The molecule has 2 heterocycles. The van der Waals surface area contributed by atoms with Gasteiger partial charge in [-0.15, -0.1) is 0 Å². The van der Waals surface area contributed by atoms with Crippen LogP contribution < -0.4 is 10.2 Å². The van der Waals surface area contributed by atoms with E-state index >= 15 is 0 Å². The number of hydrogen-bond donors (Lipinski definition) is 1. The number of piperazine rings is 1. The highest BCUT2D eigenvalue weighted by Crippen LogP contribution is 2.14. The van der Waals surface area contributed by atoms with Crippen LogP contribution in [0.15, 0.2) is 12.3 Å². The summed E-state index contributed by atoms with van der Waals surface area (Å²) in [7, 11) is 3.87. The van der Waals surface area contributed by atoms with E-state index in [-0.39, 0.29) is 0 Å². The highest BCUT2D eigenvalue weighted by molar-refractivity contribution is 5.42. The van der Waals surface area contributed by atoms with Crippen molar-refractivity contribution in [3.63, 3.8) is 0 Å². The number of nitrogens with one attached hydrogen (secondary N) is 1. The van der Waals surface area contributed by atoms with Crippen molar-refractivity contribution in [3.05, 3.63) is 12.3 Å². The van der Waals surface area contributed by atoms with Gasteiger partial charge in [0.15, 0.2) is 0 Å². The molecule has 106 valence electrons. The van der Waals surface area contributed by atoms with Gasteiger partial charge in [0.2, 0.25) is 5.95 Å². The minimum absolute atomic E-state index is 0.701. The summed E-state index contributed by atoms with van der Waals surface area (Å²) >= 11 is 0. The van der Waals surface area contributed by atoms with E-state index in [1.54, 1.807) is 7.11 Å². The topological polar surface area (TPSA) is 53.5 Å². The first-order valence-corrected chi connectivity index (χ1v) is 6.79. The molecule has 1 N–H and O–H groups in total. The molecule has 1 saturated heterocycles. The molecule has 1 fully saturated rings. The van der Waals surface area contributed by atoms with Gasteiger partial charge < -0.3 is 19.9 Å². The van der Waals surface area contributed by atoms with Gasteiger partial charge in [-0.3, -0.25) is 0 Å². The average molecular weight is 265 g/mol.